The minimum atomic E-state index is -0.604. The van der Waals surface area contributed by atoms with Crippen LogP contribution < -0.4 is 0 Å². The van der Waals surface area contributed by atoms with Gasteiger partial charge in [-0.15, -0.1) is 0 Å². The fourth-order valence-corrected chi connectivity index (χ4v) is 0.873. The van der Waals surface area contributed by atoms with E-state index < -0.39 is 5.37 Å². The molecule has 0 bridgehead atoms. The summed E-state index contributed by atoms with van der Waals surface area (Å²) in [6.45, 7) is 1.49. The third-order valence-electron chi connectivity index (χ3n) is 0.549. The Morgan fingerprint density at radius 1 is 2.00 bits per heavy atom. The summed E-state index contributed by atoms with van der Waals surface area (Å²) in [4.78, 5) is 9.43. The van der Waals surface area contributed by atoms with Gasteiger partial charge in [-0.05, 0) is 11.8 Å². The van der Waals surface area contributed by atoms with Crippen LogP contribution in [0.15, 0.2) is 0 Å². The van der Waals surface area contributed by atoms with Gasteiger partial charge in [0.2, 0.25) is 0 Å². The lowest BCUT2D eigenvalue weighted by molar-refractivity contribution is -0.490. The first-order valence-corrected chi connectivity index (χ1v) is 3.32. The van der Waals surface area contributed by atoms with Crippen molar-refractivity contribution in [2.45, 2.75) is 12.3 Å². The second kappa shape index (κ2) is 3.80. The Balaban J connectivity index is 3.46. The van der Waals surface area contributed by atoms with Crippen LogP contribution in [0.4, 0.5) is 0 Å². The Labute approximate surface area is 56.6 Å². The van der Waals surface area contributed by atoms with Gasteiger partial charge in [0, 0.05) is 16.5 Å². The molecule has 0 amide bonds. The molecule has 0 aromatic carbocycles. The van der Waals surface area contributed by atoms with E-state index in [1.54, 1.807) is 0 Å². The zero-order chi connectivity index (χ0) is 6.57. The van der Waals surface area contributed by atoms with E-state index in [1.807, 2.05) is 0 Å². The van der Waals surface area contributed by atoms with Crippen LogP contribution in [0, 0.1) is 10.1 Å². The van der Waals surface area contributed by atoms with Gasteiger partial charge in [-0.25, -0.2) is 0 Å². The Morgan fingerprint density at radius 3 is 2.62 bits per heavy atom. The quantitative estimate of drug-likeness (QED) is 0.264. The van der Waals surface area contributed by atoms with E-state index >= 15 is 0 Å². The summed E-state index contributed by atoms with van der Waals surface area (Å²) in [5.74, 6) is 0. The van der Waals surface area contributed by atoms with Gasteiger partial charge >= 0.3 is 0 Å². The molecule has 0 spiro atoms. The van der Waals surface area contributed by atoms with E-state index in [4.69, 9.17) is 0 Å². The average Bonchev–Trinajstić information content (AvgIpc) is 1.67. The van der Waals surface area contributed by atoms with Gasteiger partial charge in [-0.1, -0.05) is 12.2 Å². The van der Waals surface area contributed by atoms with Crippen molar-refractivity contribution in [3.05, 3.63) is 10.1 Å². The summed E-state index contributed by atoms with van der Waals surface area (Å²) < 4.78 is 1.30. The highest BCUT2D eigenvalue weighted by Gasteiger charge is 2.09. The second-order valence-electron chi connectivity index (χ2n) is 1.12. The molecule has 0 aliphatic rings. The number of hydrogen-bond donors (Lipinski definition) is 0. The zero-order valence-corrected chi connectivity index (χ0v) is 5.87. The van der Waals surface area contributed by atoms with Gasteiger partial charge in [0.25, 0.3) is 5.37 Å². The predicted octanol–water partition coefficient (Wildman–Crippen LogP) is 1.30. The monoisotopic (exact) mass is 151 g/mol. The molecule has 0 saturated heterocycles. The second-order valence-corrected chi connectivity index (χ2v) is 2.84. The third-order valence-corrected chi connectivity index (χ3v) is 1.56. The predicted molar refractivity (Wildman–Crippen MR) is 37.7 cm³/mol. The summed E-state index contributed by atoms with van der Waals surface area (Å²) in [7, 11) is 0. The molecule has 1 atom stereocenters. The number of nitrogens with zero attached hydrogens (tertiary/aromatic N) is 1. The summed E-state index contributed by atoms with van der Waals surface area (Å²) in [6, 6.07) is 0. The molecule has 0 fully saturated rings. The maximum absolute atomic E-state index is 9.81. The van der Waals surface area contributed by atoms with Crippen LogP contribution in [0.1, 0.15) is 6.92 Å². The first kappa shape index (κ1) is 7.84. The minimum Gasteiger partial charge on any atom is -0.263 e. The zero-order valence-electron chi connectivity index (χ0n) is 4.23. The number of nitro groups is 1. The van der Waals surface area contributed by atoms with Crippen molar-refractivity contribution >= 4 is 28.7 Å². The molecule has 0 rings (SSSR count). The normalized spacial score (nSPS) is 12.6. The van der Waals surface area contributed by atoms with Crippen LogP contribution in [-0.2, 0) is 0 Å². The lowest BCUT2D eigenvalue weighted by atomic mass is 10.8. The summed E-state index contributed by atoms with van der Waals surface area (Å²) in [6.07, 6.45) is 0. The molecular formula is C3H5NO2S2. The molecule has 0 saturated carbocycles. The largest absolute Gasteiger partial charge is 0.263 e. The van der Waals surface area contributed by atoms with Crippen molar-refractivity contribution in [3.8, 4) is 0 Å². The highest BCUT2D eigenvalue weighted by Crippen LogP contribution is 2.05. The molecule has 0 radical (unpaired) electrons. The molecule has 0 aromatic rings. The van der Waals surface area contributed by atoms with Gasteiger partial charge in [0.1, 0.15) is 0 Å². The average molecular weight is 151 g/mol. The number of hydrogen-bond acceptors (Lipinski definition) is 4. The molecule has 0 aliphatic heterocycles. The highest BCUT2D eigenvalue weighted by atomic mass is 32.2. The van der Waals surface area contributed by atoms with E-state index in [-0.39, 0.29) is 4.92 Å². The van der Waals surface area contributed by atoms with Gasteiger partial charge in [-0.3, -0.25) is 10.1 Å². The Bertz CT molecular complexity index is 105. The molecule has 0 aromatic heterocycles. The standard InChI is InChI=1S/C3H5NO2S2/c1-3(4(5)6)8-2-7/h2-3H,1H3. The van der Waals surface area contributed by atoms with Gasteiger partial charge in [0.05, 0.1) is 0 Å². The Kier molecular flexibility index (Phi) is 3.72. The maximum atomic E-state index is 9.81. The van der Waals surface area contributed by atoms with Crippen molar-refractivity contribution in [2.75, 3.05) is 0 Å². The van der Waals surface area contributed by atoms with E-state index in [0.717, 1.165) is 11.8 Å². The van der Waals surface area contributed by atoms with Crippen LogP contribution >= 0.6 is 24.0 Å². The lowest BCUT2D eigenvalue weighted by Crippen LogP contribution is -2.09. The van der Waals surface area contributed by atoms with Crippen LogP contribution in [0.3, 0.4) is 0 Å². The SMILES string of the molecule is CC(SC=S)[N+](=O)[O-]. The molecule has 8 heavy (non-hydrogen) atoms. The van der Waals surface area contributed by atoms with Crippen LogP contribution in [-0.4, -0.2) is 15.0 Å². The topological polar surface area (TPSA) is 43.1 Å². The minimum absolute atomic E-state index is 0.381. The van der Waals surface area contributed by atoms with Crippen molar-refractivity contribution in [2.24, 2.45) is 0 Å². The summed E-state index contributed by atoms with van der Waals surface area (Å²) >= 11 is 5.41. The lowest BCUT2D eigenvalue weighted by Gasteiger charge is -1.94. The fraction of sp³-hybridized carbons (Fsp3) is 0.667. The Morgan fingerprint density at radius 2 is 2.50 bits per heavy atom. The fourth-order valence-electron chi connectivity index (χ4n) is 0.130. The van der Waals surface area contributed by atoms with Crippen LogP contribution in [0.5, 0.6) is 0 Å². The number of rotatable bonds is 3. The van der Waals surface area contributed by atoms with Gasteiger partial charge in [0.15, 0.2) is 0 Å². The van der Waals surface area contributed by atoms with Crippen molar-refractivity contribution in [3.63, 3.8) is 0 Å². The third kappa shape index (κ3) is 2.92. The highest BCUT2D eigenvalue weighted by molar-refractivity contribution is 8.21. The number of thioether (sulfide) groups is 1. The molecular weight excluding hydrogens is 146 g/mol. The Hall–Kier alpha value is -0.160. The number of thiocarbonyl (C=S) groups is 1. The van der Waals surface area contributed by atoms with Crippen molar-refractivity contribution in [1.29, 1.82) is 0 Å². The maximum Gasteiger partial charge on any atom is 0.260 e. The first-order chi connectivity index (χ1) is 3.68. The van der Waals surface area contributed by atoms with Crippen molar-refractivity contribution in [1.82, 2.24) is 0 Å². The smallest absolute Gasteiger partial charge is 0.260 e. The van der Waals surface area contributed by atoms with Gasteiger partial charge in [-0.2, -0.15) is 0 Å². The molecule has 0 N–H and O–H groups in total. The van der Waals surface area contributed by atoms with E-state index in [0.29, 0.717) is 0 Å². The molecule has 46 valence electrons. The summed E-state index contributed by atoms with van der Waals surface area (Å²) in [5, 5.41) is 9.20. The molecule has 0 aliphatic carbocycles. The summed E-state index contributed by atoms with van der Waals surface area (Å²) in [5.41, 5.74) is 0. The van der Waals surface area contributed by atoms with Crippen LogP contribution in [0.2, 0.25) is 0 Å². The van der Waals surface area contributed by atoms with Crippen molar-refractivity contribution < 1.29 is 4.92 Å². The van der Waals surface area contributed by atoms with Gasteiger partial charge < -0.3 is 0 Å². The van der Waals surface area contributed by atoms with E-state index in [9.17, 15) is 10.1 Å². The molecule has 5 heteroatoms. The van der Waals surface area contributed by atoms with E-state index in [2.05, 4.69) is 12.2 Å². The molecule has 0 heterocycles. The molecule has 3 nitrogen and oxygen atoms in total. The van der Waals surface area contributed by atoms with Crippen LogP contribution in [0.25, 0.3) is 0 Å². The molecule has 1 unspecified atom stereocenters. The first-order valence-electron chi connectivity index (χ1n) is 1.91. The van der Waals surface area contributed by atoms with E-state index in [1.165, 1.54) is 11.6 Å².